The van der Waals surface area contributed by atoms with Crippen molar-refractivity contribution >= 4 is 12.1 Å². The molecule has 0 rings (SSSR count). The van der Waals surface area contributed by atoms with Gasteiger partial charge in [-0.2, -0.15) is 0 Å². The summed E-state index contributed by atoms with van der Waals surface area (Å²) in [7, 11) is 0. The molecule has 0 aromatic rings. The second-order valence-corrected chi connectivity index (χ2v) is 12.2. The average molecular weight is 716 g/mol. The molecule has 0 spiro atoms. The first-order valence-corrected chi connectivity index (χ1v) is 17.0. The molecule has 1 N–H and O–H groups in total. The van der Waals surface area contributed by atoms with Gasteiger partial charge in [-0.1, -0.05) is 0 Å². The topological polar surface area (TPSA) is 166 Å². The molecule has 0 atom stereocenters. The fourth-order valence-electron chi connectivity index (χ4n) is 3.27. The monoisotopic (exact) mass is 715 g/mol. The number of alkyl carbamates (subject to hydrolysis) is 1. The molecule has 0 aromatic heterocycles. The highest BCUT2D eigenvalue weighted by Crippen LogP contribution is 2.07. The van der Waals surface area contributed by atoms with Gasteiger partial charge in [0, 0.05) is 6.54 Å². The minimum Gasteiger partial charge on any atom is -0.458 e. The van der Waals surface area contributed by atoms with Crippen molar-refractivity contribution in [1.82, 2.24) is 5.32 Å². The van der Waals surface area contributed by atoms with E-state index >= 15 is 0 Å². The van der Waals surface area contributed by atoms with Crippen molar-refractivity contribution in [2.45, 2.75) is 52.7 Å². The largest absolute Gasteiger partial charge is 0.458 e. The zero-order chi connectivity index (χ0) is 36.3. The van der Waals surface area contributed by atoms with E-state index in [1.807, 2.05) is 41.5 Å². The number of hydrogen-bond acceptors (Lipinski definition) is 15. The van der Waals surface area contributed by atoms with Gasteiger partial charge in [0.15, 0.2) is 0 Å². The van der Waals surface area contributed by atoms with Gasteiger partial charge in [0.1, 0.15) is 17.8 Å². The number of carbonyl (C=O) groups excluding carboxylic acids is 2. The van der Waals surface area contributed by atoms with E-state index in [2.05, 4.69) is 5.32 Å². The first-order chi connectivity index (χ1) is 23.5. The van der Waals surface area contributed by atoms with Gasteiger partial charge in [0.25, 0.3) is 0 Å². The van der Waals surface area contributed by atoms with Gasteiger partial charge in [-0.15, -0.1) is 0 Å². The smallest absolute Gasteiger partial charge is 0.407 e. The van der Waals surface area contributed by atoms with Crippen LogP contribution in [0.1, 0.15) is 41.5 Å². The third kappa shape index (κ3) is 42.4. The Kier molecular flexibility index (Phi) is 32.3. The molecule has 0 heterocycles. The maximum atomic E-state index is 11.5. The molecule has 0 aliphatic carbocycles. The van der Waals surface area contributed by atoms with E-state index in [-0.39, 0.29) is 6.61 Å². The lowest BCUT2D eigenvalue weighted by atomic mass is 10.2. The molecule has 1 amide bonds. The molecule has 16 nitrogen and oxygen atoms in total. The van der Waals surface area contributed by atoms with Gasteiger partial charge < -0.3 is 66.9 Å². The quantitative estimate of drug-likeness (QED) is 0.0748. The number of ether oxygens (including phenoxy) is 13. The summed E-state index contributed by atoms with van der Waals surface area (Å²) in [6.45, 7) is 20.7. The van der Waals surface area contributed by atoms with Crippen LogP contribution in [0.25, 0.3) is 0 Å². The summed E-state index contributed by atoms with van der Waals surface area (Å²) < 4.78 is 69.9. The van der Waals surface area contributed by atoms with E-state index < -0.39 is 23.3 Å². The molecule has 0 bridgehead atoms. The summed E-state index contributed by atoms with van der Waals surface area (Å²) in [5.41, 5.74) is -1.03. The number of amides is 1. The maximum Gasteiger partial charge on any atom is 0.407 e. The Morgan fingerprint density at radius 3 is 0.878 bits per heavy atom. The molecule has 0 aliphatic rings. The Morgan fingerprint density at radius 2 is 0.612 bits per heavy atom. The Balaban J connectivity index is 3.14. The molecule has 0 unspecified atom stereocenters. The summed E-state index contributed by atoms with van der Waals surface area (Å²) in [6.07, 6.45) is -0.456. The van der Waals surface area contributed by atoms with Gasteiger partial charge in [-0.3, -0.25) is 0 Å². The number of hydrogen-bond donors (Lipinski definition) is 1. The van der Waals surface area contributed by atoms with Crippen LogP contribution in [-0.2, 0) is 66.4 Å². The number of nitrogens with one attached hydrogen (secondary N) is 1. The second-order valence-electron chi connectivity index (χ2n) is 12.2. The lowest BCUT2D eigenvalue weighted by Crippen LogP contribution is -2.34. The average Bonchev–Trinajstić information content (AvgIpc) is 3.01. The van der Waals surface area contributed by atoms with Gasteiger partial charge >= 0.3 is 12.1 Å². The van der Waals surface area contributed by atoms with Crippen molar-refractivity contribution in [1.29, 1.82) is 0 Å². The van der Waals surface area contributed by atoms with Gasteiger partial charge in [-0.25, -0.2) is 9.59 Å². The summed E-state index contributed by atoms with van der Waals surface area (Å²) in [5, 5.41) is 2.63. The van der Waals surface area contributed by atoms with Crippen molar-refractivity contribution in [3.63, 3.8) is 0 Å². The van der Waals surface area contributed by atoms with Gasteiger partial charge in [-0.05, 0) is 41.5 Å². The standard InChI is InChI=1S/C33H65NO15/c1-32(2,3)48-30(35)29-47-28-27-46-26-25-45-24-23-44-22-21-43-20-19-42-18-17-41-16-15-40-14-13-39-12-11-38-10-9-37-8-7-34-31(36)49-33(4,5)6/h7-29H2,1-6H3,(H,34,36). The van der Waals surface area contributed by atoms with Crippen LogP contribution in [0.5, 0.6) is 0 Å². The third-order valence-electron chi connectivity index (χ3n) is 5.27. The molecule has 0 aromatic carbocycles. The van der Waals surface area contributed by atoms with Crippen molar-refractivity contribution in [3.8, 4) is 0 Å². The second kappa shape index (κ2) is 33.4. The van der Waals surface area contributed by atoms with Crippen LogP contribution in [0.3, 0.4) is 0 Å². The third-order valence-corrected chi connectivity index (χ3v) is 5.27. The molecule has 292 valence electrons. The maximum absolute atomic E-state index is 11.5. The zero-order valence-electron chi connectivity index (χ0n) is 30.9. The van der Waals surface area contributed by atoms with Crippen molar-refractivity contribution in [3.05, 3.63) is 0 Å². The molecular formula is C33H65NO15. The van der Waals surface area contributed by atoms with E-state index in [0.29, 0.717) is 145 Å². The SMILES string of the molecule is CC(C)(C)OC(=O)COCCOCCOCCOCCOCCOCCOCCOCCOCCOCCOCCNC(=O)OC(C)(C)C. The predicted octanol–water partition coefficient (Wildman–Crippen LogP) is 2.04. The first kappa shape index (κ1) is 47.3. The molecule has 49 heavy (non-hydrogen) atoms. The first-order valence-electron chi connectivity index (χ1n) is 17.0. The van der Waals surface area contributed by atoms with Gasteiger partial charge in [0.05, 0.1) is 139 Å². The fraction of sp³-hybridized carbons (Fsp3) is 0.939. The Morgan fingerprint density at radius 1 is 0.367 bits per heavy atom. The van der Waals surface area contributed by atoms with E-state index in [9.17, 15) is 9.59 Å². The highest BCUT2D eigenvalue weighted by Gasteiger charge is 2.16. The molecule has 0 saturated carbocycles. The van der Waals surface area contributed by atoms with Crippen LogP contribution < -0.4 is 5.32 Å². The number of carbonyl (C=O) groups is 2. The zero-order valence-corrected chi connectivity index (χ0v) is 30.9. The molecule has 16 heteroatoms. The van der Waals surface area contributed by atoms with Crippen molar-refractivity contribution < 1.29 is 71.2 Å². The minimum absolute atomic E-state index is 0.0876. The van der Waals surface area contributed by atoms with Crippen LogP contribution in [0.4, 0.5) is 4.79 Å². The van der Waals surface area contributed by atoms with Crippen LogP contribution >= 0.6 is 0 Å². The van der Waals surface area contributed by atoms with E-state index in [1.54, 1.807) is 0 Å². The van der Waals surface area contributed by atoms with Crippen LogP contribution in [0, 0.1) is 0 Å². The summed E-state index contributed by atoms with van der Waals surface area (Å²) in [6, 6.07) is 0. The Labute approximate surface area is 293 Å². The molecule has 0 fully saturated rings. The summed E-state index contributed by atoms with van der Waals surface area (Å²) in [4.78, 5) is 23.0. The van der Waals surface area contributed by atoms with E-state index in [0.717, 1.165) is 0 Å². The van der Waals surface area contributed by atoms with Crippen molar-refractivity contribution in [2.75, 3.05) is 152 Å². The Bertz CT molecular complexity index is 687. The van der Waals surface area contributed by atoms with E-state index in [1.165, 1.54) is 0 Å². The Hall–Kier alpha value is -1.70. The highest BCUT2D eigenvalue weighted by molar-refractivity contribution is 5.71. The lowest BCUT2D eigenvalue weighted by molar-refractivity contribution is -0.160. The lowest BCUT2D eigenvalue weighted by Gasteiger charge is -2.19. The van der Waals surface area contributed by atoms with Crippen LogP contribution in [-0.4, -0.2) is 175 Å². The van der Waals surface area contributed by atoms with E-state index in [4.69, 9.17) is 61.6 Å². The van der Waals surface area contributed by atoms with Crippen molar-refractivity contribution in [2.24, 2.45) is 0 Å². The van der Waals surface area contributed by atoms with Crippen LogP contribution in [0.15, 0.2) is 0 Å². The molecule has 0 aliphatic heterocycles. The van der Waals surface area contributed by atoms with Gasteiger partial charge in [0.2, 0.25) is 0 Å². The summed E-state index contributed by atoms with van der Waals surface area (Å²) >= 11 is 0. The summed E-state index contributed by atoms with van der Waals surface area (Å²) in [5.74, 6) is -0.391. The van der Waals surface area contributed by atoms with Crippen LogP contribution in [0.2, 0.25) is 0 Å². The molecule has 0 saturated heterocycles. The number of esters is 1. The molecular weight excluding hydrogens is 650 g/mol. The normalized spacial score (nSPS) is 12.0. The predicted molar refractivity (Wildman–Crippen MR) is 179 cm³/mol. The minimum atomic E-state index is -0.515. The number of rotatable bonds is 35. The fourth-order valence-corrected chi connectivity index (χ4v) is 3.27. The highest BCUT2D eigenvalue weighted by atomic mass is 16.6. The molecule has 0 radical (unpaired) electrons.